The lowest BCUT2D eigenvalue weighted by Crippen LogP contribution is -2.50. The van der Waals surface area contributed by atoms with Crippen LogP contribution in [0.15, 0.2) is 53.4 Å². The molecule has 1 fully saturated rings. The van der Waals surface area contributed by atoms with Gasteiger partial charge in [0.2, 0.25) is 10.0 Å². The van der Waals surface area contributed by atoms with Crippen molar-refractivity contribution in [1.29, 1.82) is 0 Å². The molecule has 4 rings (SSSR count). The molecule has 0 N–H and O–H groups in total. The molecule has 0 atom stereocenters. The fourth-order valence-corrected chi connectivity index (χ4v) is 5.41. The molecular formula is C22H22ClN3O3S. The first-order valence-electron chi connectivity index (χ1n) is 9.69. The number of aromatic nitrogens is 1. The monoisotopic (exact) mass is 443 g/mol. The maximum Gasteiger partial charge on any atom is 0.255 e. The van der Waals surface area contributed by atoms with Crippen LogP contribution in [-0.2, 0) is 10.0 Å². The van der Waals surface area contributed by atoms with Crippen molar-refractivity contribution in [2.45, 2.75) is 18.7 Å². The van der Waals surface area contributed by atoms with Gasteiger partial charge in [-0.25, -0.2) is 8.42 Å². The Morgan fingerprint density at radius 1 is 1.00 bits per heavy atom. The van der Waals surface area contributed by atoms with Crippen LogP contribution in [0.25, 0.3) is 10.9 Å². The molecule has 0 unspecified atom stereocenters. The number of nitrogens with zero attached hydrogens (tertiary/aromatic N) is 3. The van der Waals surface area contributed by atoms with Crippen molar-refractivity contribution in [1.82, 2.24) is 14.2 Å². The van der Waals surface area contributed by atoms with Gasteiger partial charge in [-0.3, -0.25) is 9.78 Å². The van der Waals surface area contributed by atoms with E-state index in [1.54, 1.807) is 17.0 Å². The van der Waals surface area contributed by atoms with Crippen LogP contribution in [-0.4, -0.2) is 54.7 Å². The molecule has 30 heavy (non-hydrogen) atoms. The molecule has 1 aliphatic heterocycles. The maximum atomic E-state index is 13.1. The summed E-state index contributed by atoms with van der Waals surface area (Å²) in [5.74, 6) is -0.122. The van der Waals surface area contributed by atoms with Crippen LogP contribution in [0.2, 0.25) is 5.02 Å². The number of sulfonamides is 1. The second-order valence-electron chi connectivity index (χ2n) is 7.47. The van der Waals surface area contributed by atoms with E-state index in [9.17, 15) is 13.2 Å². The summed E-state index contributed by atoms with van der Waals surface area (Å²) in [6.45, 7) is 4.94. The number of hydrogen-bond donors (Lipinski definition) is 0. The number of halogens is 1. The van der Waals surface area contributed by atoms with Crippen molar-refractivity contribution in [3.05, 3.63) is 70.4 Å². The Labute approximate surface area is 181 Å². The SMILES string of the molecule is Cc1ccc2nc(C)c(C(=O)N3CCN(S(=O)(=O)c4cccc(Cl)c4)CC3)cc2c1. The predicted octanol–water partition coefficient (Wildman–Crippen LogP) is 3.65. The van der Waals surface area contributed by atoms with Gasteiger partial charge in [-0.1, -0.05) is 29.3 Å². The molecule has 0 radical (unpaired) electrons. The van der Waals surface area contributed by atoms with Crippen molar-refractivity contribution >= 4 is 38.4 Å². The van der Waals surface area contributed by atoms with Gasteiger partial charge in [0.1, 0.15) is 0 Å². The third-order valence-corrected chi connectivity index (χ3v) is 7.48. The quantitative estimate of drug-likeness (QED) is 0.619. The van der Waals surface area contributed by atoms with Crippen LogP contribution in [0.5, 0.6) is 0 Å². The third-order valence-electron chi connectivity index (χ3n) is 5.35. The zero-order chi connectivity index (χ0) is 21.5. The van der Waals surface area contributed by atoms with Crippen LogP contribution in [0.1, 0.15) is 21.6 Å². The molecule has 0 spiro atoms. The van der Waals surface area contributed by atoms with Gasteiger partial charge in [0.05, 0.1) is 21.7 Å². The second-order valence-corrected chi connectivity index (χ2v) is 9.85. The molecule has 6 nitrogen and oxygen atoms in total. The molecule has 2 aromatic carbocycles. The van der Waals surface area contributed by atoms with Crippen LogP contribution in [0, 0.1) is 13.8 Å². The first kappa shape index (κ1) is 20.8. The van der Waals surface area contributed by atoms with E-state index in [-0.39, 0.29) is 23.9 Å². The van der Waals surface area contributed by atoms with Gasteiger partial charge < -0.3 is 4.90 Å². The Morgan fingerprint density at radius 2 is 1.73 bits per heavy atom. The Hall–Kier alpha value is -2.48. The van der Waals surface area contributed by atoms with Crippen LogP contribution < -0.4 is 0 Å². The van der Waals surface area contributed by atoms with Crippen molar-refractivity contribution in [2.24, 2.45) is 0 Å². The van der Waals surface area contributed by atoms with Crippen LogP contribution in [0.3, 0.4) is 0 Å². The molecule has 0 saturated carbocycles. The highest BCUT2D eigenvalue weighted by Crippen LogP contribution is 2.23. The van der Waals surface area contributed by atoms with Crippen molar-refractivity contribution in [2.75, 3.05) is 26.2 Å². The summed E-state index contributed by atoms with van der Waals surface area (Å²) in [6.07, 6.45) is 0. The number of fused-ring (bicyclic) bond motifs is 1. The lowest BCUT2D eigenvalue weighted by Gasteiger charge is -2.34. The second kappa shape index (κ2) is 7.98. The van der Waals surface area contributed by atoms with Crippen molar-refractivity contribution in [3.63, 3.8) is 0 Å². The zero-order valence-corrected chi connectivity index (χ0v) is 18.4. The van der Waals surface area contributed by atoms with Crippen LogP contribution in [0.4, 0.5) is 0 Å². The number of pyridine rings is 1. The summed E-state index contributed by atoms with van der Waals surface area (Å²) in [5, 5.41) is 1.30. The molecule has 1 aromatic heterocycles. The molecule has 1 amide bonds. The Balaban J connectivity index is 1.52. The number of hydrogen-bond acceptors (Lipinski definition) is 4. The topological polar surface area (TPSA) is 70.6 Å². The van der Waals surface area contributed by atoms with Gasteiger partial charge in [-0.2, -0.15) is 4.31 Å². The number of amides is 1. The van der Waals surface area contributed by atoms with E-state index in [0.29, 0.717) is 29.4 Å². The molecule has 8 heteroatoms. The highest BCUT2D eigenvalue weighted by Gasteiger charge is 2.31. The van der Waals surface area contributed by atoms with E-state index in [1.165, 1.54) is 16.4 Å². The van der Waals surface area contributed by atoms with E-state index in [2.05, 4.69) is 4.98 Å². The summed E-state index contributed by atoms with van der Waals surface area (Å²) in [5.41, 5.74) is 3.18. The van der Waals surface area contributed by atoms with Gasteiger partial charge in [0.25, 0.3) is 5.91 Å². The molecule has 0 bridgehead atoms. The third kappa shape index (κ3) is 3.93. The highest BCUT2D eigenvalue weighted by molar-refractivity contribution is 7.89. The Kier molecular flexibility index (Phi) is 5.53. The summed E-state index contributed by atoms with van der Waals surface area (Å²) in [7, 11) is -3.64. The van der Waals surface area contributed by atoms with Crippen LogP contribution >= 0.6 is 11.6 Å². The molecule has 3 aromatic rings. The van der Waals surface area contributed by atoms with Crippen molar-refractivity contribution in [3.8, 4) is 0 Å². The van der Waals surface area contributed by atoms with E-state index >= 15 is 0 Å². The first-order valence-corrected chi connectivity index (χ1v) is 11.5. The lowest BCUT2D eigenvalue weighted by atomic mass is 10.1. The number of carbonyl (C=O) groups is 1. The van der Waals surface area contributed by atoms with Gasteiger partial charge in [0.15, 0.2) is 0 Å². The Bertz CT molecular complexity index is 1240. The fourth-order valence-electron chi connectivity index (χ4n) is 3.69. The average Bonchev–Trinajstić information content (AvgIpc) is 2.73. The summed E-state index contributed by atoms with van der Waals surface area (Å²) in [6, 6.07) is 14.1. The number of carbonyl (C=O) groups excluding carboxylic acids is 1. The predicted molar refractivity (Wildman–Crippen MR) is 117 cm³/mol. The molecule has 1 saturated heterocycles. The maximum absolute atomic E-state index is 13.1. The van der Waals surface area contributed by atoms with E-state index in [0.717, 1.165) is 16.5 Å². The standard InChI is InChI=1S/C22H22ClN3O3S/c1-15-6-7-21-17(12-15)13-20(16(2)24-21)22(27)25-8-10-26(11-9-25)30(28,29)19-5-3-4-18(23)14-19/h3-7,12-14H,8-11H2,1-2H3. The number of piperazine rings is 1. The summed E-state index contributed by atoms with van der Waals surface area (Å²) in [4.78, 5) is 19.5. The van der Waals surface area contributed by atoms with E-state index in [1.807, 2.05) is 38.1 Å². The summed E-state index contributed by atoms with van der Waals surface area (Å²) >= 11 is 5.95. The average molecular weight is 444 g/mol. The number of rotatable bonds is 3. The van der Waals surface area contributed by atoms with Gasteiger partial charge in [-0.05, 0) is 50.2 Å². The minimum atomic E-state index is -3.64. The zero-order valence-electron chi connectivity index (χ0n) is 16.8. The van der Waals surface area contributed by atoms with Gasteiger partial charge in [0, 0.05) is 36.6 Å². The van der Waals surface area contributed by atoms with E-state index < -0.39 is 10.0 Å². The molecule has 1 aliphatic rings. The first-order chi connectivity index (χ1) is 14.3. The molecule has 0 aliphatic carbocycles. The fraction of sp³-hybridized carbons (Fsp3) is 0.273. The van der Waals surface area contributed by atoms with Gasteiger partial charge in [-0.15, -0.1) is 0 Å². The minimum absolute atomic E-state index is 0.122. The summed E-state index contributed by atoms with van der Waals surface area (Å²) < 4.78 is 27.1. The lowest BCUT2D eigenvalue weighted by molar-refractivity contribution is 0.0697. The van der Waals surface area contributed by atoms with Crippen molar-refractivity contribution < 1.29 is 13.2 Å². The normalized spacial score (nSPS) is 15.5. The van der Waals surface area contributed by atoms with E-state index in [4.69, 9.17) is 11.6 Å². The molecule has 2 heterocycles. The van der Waals surface area contributed by atoms with Gasteiger partial charge >= 0.3 is 0 Å². The highest BCUT2D eigenvalue weighted by atomic mass is 35.5. The smallest absolute Gasteiger partial charge is 0.255 e. The number of aryl methyl sites for hydroxylation is 2. The molecular weight excluding hydrogens is 422 g/mol. The number of benzene rings is 2. The Morgan fingerprint density at radius 3 is 2.43 bits per heavy atom. The minimum Gasteiger partial charge on any atom is -0.336 e. The molecule has 156 valence electrons. The largest absolute Gasteiger partial charge is 0.336 e.